The minimum atomic E-state index is -0.439. The Morgan fingerprint density at radius 3 is 2.48 bits per heavy atom. The van der Waals surface area contributed by atoms with Gasteiger partial charge in [-0.1, -0.05) is 24.3 Å². The van der Waals surface area contributed by atoms with E-state index in [4.69, 9.17) is 14.2 Å². The lowest BCUT2D eigenvalue weighted by Crippen LogP contribution is -2.39. The van der Waals surface area contributed by atoms with Gasteiger partial charge in [0, 0.05) is 6.54 Å². The van der Waals surface area contributed by atoms with Gasteiger partial charge in [0.25, 0.3) is 0 Å². The van der Waals surface area contributed by atoms with Crippen LogP contribution < -0.4 is 20.1 Å². The Bertz CT molecular complexity index is 785. The van der Waals surface area contributed by atoms with Crippen LogP contribution in [0, 0.1) is 0 Å². The molecule has 0 aliphatic carbocycles. The number of esters is 1. The van der Waals surface area contributed by atoms with E-state index < -0.39 is 5.97 Å². The SMILES string of the molecule is CCNC(=NCc1ccc(OC)c(C(=O)OC)c1)NCCOc1ccccc1.I. The zero-order chi connectivity index (χ0) is 20.2. The van der Waals surface area contributed by atoms with Crippen LogP contribution in [0.3, 0.4) is 0 Å². The number of ether oxygens (including phenoxy) is 3. The third-order valence-electron chi connectivity index (χ3n) is 3.84. The van der Waals surface area contributed by atoms with Gasteiger partial charge in [0.15, 0.2) is 5.96 Å². The van der Waals surface area contributed by atoms with Gasteiger partial charge in [-0.25, -0.2) is 9.79 Å². The van der Waals surface area contributed by atoms with Crippen LogP contribution in [0.25, 0.3) is 0 Å². The maximum Gasteiger partial charge on any atom is 0.341 e. The van der Waals surface area contributed by atoms with E-state index in [1.54, 1.807) is 12.1 Å². The normalized spacial score (nSPS) is 10.5. The zero-order valence-electron chi connectivity index (χ0n) is 16.9. The first-order chi connectivity index (χ1) is 13.7. The summed E-state index contributed by atoms with van der Waals surface area (Å²) in [5.41, 5.74) is 1.26. The van der Waals surface area contributed by atoms with E-state index in [0.29, 0.717) is 37.0 Å². The fourth-order valence-corrected chi connectivity index (χ4v) is 2.49. The lowest BCUT2D eigenvalue weighted by Gasteiger charge is -2.12. The average molecular weight is 513 g/mol. The van der Waals surface area contributed by atoms with E-state index in [-0.39, 0.29) is 24.0 Å². The van der Waals surface area contributed by atoms with Crippen LogP contribution >= 0.6 is 24.0 Å². The van der Waals surface area contributed by atoms with Crippen LogP contribution in [-0.4, -0.2) is 45.8 Å². The molecule has 0 bridgehead atoms. The largest absolute Gasteiger partial charge is 0.496 e. The molecule has 0 aromatic heterocycles. The molecule has 2 aromatic rings. The van der Waals surface area contributed by atoms with Gasteiger partial charge in [0.1, 0.15) is 23.7 Å². The average Bonchev–Trinajstić information content (AvgIpc) is 2.74. The Morgan fingerprint density at radius 1 is 1.07 bits per heavy atom. The molecular formula is C21H28IN3O4. The topological polar surface area (TPSA) is 81.2 Å². The quantitative estimate of drug-likeness (QED) is 0.176. The summed E-state index contributed by atoms with van der Waals surface area (Å²) in [7, 11) is 2.86. The highest BCUT2D eigenvalue weighted by molar-refractivity contribution is 14.0. The Labute approximate surface area is 188 Å². The van der Waals surface area contributed by atoms with Crippen molar-refractivity contribution in [2.75, 3.05) is 33.9 Å². The van der Waals surface area contributed by atoms with Crippen molar-refractivity contribution in [2.45, 2.75) is 13.5 Å². The standard InChI is InChI=1S/C21H27N3O4.HI/c1-4-22-21(23-12-13-28-17-8-6-5-7-9-17)24-15-16-10-11-19(26-2)18(14-16)20(25)27-3;/h5-11,14H,4,12-13,15H2,1-3H3,(H2,22,23,24);1H. The summed E-state index contributed by atoms with van der Waals surface area (Å²) in [6, 6.07) is 15.0. The molecule has 0 radical (unpaired) electrons. The van der Waals surface area contributed by atoms with E-state index in [1.165, 1.54) is 14.2 Å². The molecule has 0 amide bonds. The van der Waals surface area contributed by atoms with Crippen molar-refractivity contribution in [2.24, 2.45) is 4.99 Å². The number of carbonyl (C=O) groups is 1. The Kier molecular flexibility index (Phi) is 11.6. The molecule has 0 saturated carbocycles. The molecule has 29 heavy (non-hydrogen) atoms. The monoisotopic (exact) mass is 513 g/mol. The van der Waals surface area contributed by atoms with Crippen LogP contribution in [0.15, 0.2) is 53.5 Å². The molecule has 0 heterocycles. The predicted octanol–water partition coefficient (Wildman–Crippen LogP) is 3.23. The highest BCUT2D eigenvalue weighted by Crippen LogP contribution is 2.21. The molecule has 0 fully saturated rings. The molecule has 8 heteroatoms. The molecule has 0 atom stereocenters. The fraction of sp³-hybridized carbons (Fsp3) is 0.333. The lowest BCUT2D eigenvalue weighted by atomic mass is 10.1. The highest BCUT2D eigenvalue weighted by Gasteiger charge is 2.13. The molecule has 7 nitrogen and oxygen atoms in total. The van der Waals surface area contributed by atoms with Crippen LogP contribution in [0.1, 0.15) is 22.8 Å². The highest BCUT2D eigenvalue weighted by atomic mass is 127. The predicted molar refractivity (Wildman–Crippen MR) is 125 cm³/mol. The van der Waals surface area contributed by atoms with Gasteiger partial charge in [-0.3, -0.25) is 0 Å². The number of hydrogen-bond donors (Lipinski definition) is 2. The van der Waals surface area contributed by atoms with Crippen molar-refractivity contribution in [1.29, 1.82) is 0 Å². The van der Waals surface area contributed by atoms with E-state index in [2.05, 4.69) is 15.6 Å². The van der Waals surface area contributed by atoms with Gasteiger partial charge in [0.2, 0.25) is 0 Å². The van der Waals surface area contributed by atoms with Crippen LogP contribution in [0.4, 0.5) is 0 Å². The van der Waals surface area contributed by atoms with Gasteiger partial charge in [-0.15, -0.1) is 24.0 Å². The van der Waals surface area contributed by atoms with Gasteiger partial charge in [-0.05, 0) is 36.8 Å². The van der Waals surface area contributed by atoms with Crippen LogP contribution in [0.5, 0.6) is 11.5 Å². The molecule has 0 unspecified atom stereocenters. The van der Waals surface area contributed by atoms with Gasteiger partial charge < -0.3 is 24.8 Å². The molecule has 158 valence electrons. The maximum atomic E-state index is 11.9. The second kappa shape index (κ2) is 13.6. The number of guanidine groups is 1. The summed E-state index contributed by atoms with van der Waals surface area (Å²) in [6.07, 6.45) is 0. The molecule has 2 aromatic carbocycles. The molecule has 0 spiro atoms. The Morgan fingerprint density at radius 2 is 1.83 bits per heavy atom. The summed E-state index contributed by atoms with van der Waals surface area (Å²) in [4.78, 5) is 16.5. The van der Waals surface area contributed by atoms with E-state index in [9.17, 15) is 4.79 Å². The van der Waals surface area contributed by atoms with Crippen molar-refractivity contribution in [3.8, 4) is 11.5 Å². The number of rotatable bonds is 9. The lowest BCUT2D eigenvalue weighted by molar-refractivity contribution is 0.0597. The van der Waals surface area contributed by atoms with Gasteiger partial charge in [0.05, 0.1) is 27.3 Å². The molecule has 2 rings (SSSR count). The number of halogens is 1. The first-order valence-electron chi connectivity index (χ1n) is 9.13. The summed E-state index contributed by atoms with van der Waals surface area (Å²) in [5, 5.41) is 6.42. The summed E-state index contributed by atoms with van der Waals surface area (Å²) in [6.45, 7) is 4.27. The van der Waals surface area contributed by atoms with Crippen molar-refractivity contribution in [3.05, 3.63) is 59.7 Å². The van der Waals surface area contributed by atoms with Crippen molar-refractivity contribution in [1.82, 2.24) is 10.6 Å². The Hall–Kier alpha value is -2.49. The first-order valence-corrected chi connectivity index (χ1v) is 9.13. The van der Waals surface area contributed by atoms with E-state index in [1.807, 2.05) is 43.3 Å². The first kappa shape index (κ1) is 24.5. The Balaban J connectivity index is 0.00000420. The molecule has 2 N–H and O–H groups in total. The third kappa shape index (κ3) is 8.18. The van der Waals surface area contributed by atoms with Crippen LogP contribution in [0.2, 0.25) is 0 Å². The number of benzene rings is 2. The second-order valence-corrected chi connectivity index (χ2v) is 5.81. The molecule has 0 aliphatic rings. The number of nitrogens with one attached hydrogen (secondary N) is 2. The van der Waals surface area contributed by atoms with E-state index >= 15 is 0 Å². The number of carbonyl (C=O) groups excluding carboxylic acids is 1. The molecule has 0 saturated heterocycles. The van der Waals surface area contributed by atoms with Crippen molar-refractivity contribution >= 4 is 35.9 Å². The molecular weight excluding hydrogens is 485 g/mol. The third-order valence-corrected chi connectivity index (χ3v) is 3.84. The van der Waals surface area contributed by atoms with Gasteiger partial charge >= 0.3 is 5.97 Å². The van der Waals surface area contributed by atoms with Crippen LogP contribution in [-0.2, 0) is 11.3 Å². The van der Waals surface area contributed by atoms with E-state index in [0.717, 1.165) is 17.9 Å². The minimum Gasteiger partial charge on any atom is -0.496 e. The fourth-order valence-electron chi connectivity index (χ4n) is 2.49. The summed E-state index contributed by atoms with van der Waals surface area (Å²) < 4.78 is 15.7. The number of para-hydroxylation sites is 1. The summed E-state index contributed by atoms with van der Waals surface area (Å²) in [5.74, 6) is 1.54. The zero-order valence-corrected chi connectivity index (χ0v) is 19.3. The van der Waals surface area contributed by atoms with Crippen molar-refractivity contribution in [3.63, 3.8) is 0 Å². The summed E-state index contributed by atoms with van der Waals surface area (Å²) >= 11 is 0. The van der Waals surface area contributed by atoms with Gasteiger partial charge in [-0.2, -0.15) is 0 Å². The number of nitrogens with zero attached hydrogens (tertiary/aromatic N) is 1. The minimum absolute atomic E-state index is 0. The number of methoxy groups -OCH3 is 2. The second-order valence-electron chi connectivity index (χ2n) is 5.81. The molecule has 0 aliphatic heterocycles. The number of hydrogen-bond acceptors (Lipinski definition) is 5. The maximum absolute atomic E-state index is 11.9. The smallest absolute Gasteiger partial charge is 0.341 e. The van der Waals surface area contributed by atoms with Crippen molar-refractivity contribution < 1.29 is 19.0 Å². The number of aliphatic imine (C=N–C) groups is 1.